The van der Waals surface area contributed by atoms with Crippen LogP contribution in [0.2, 0.25) is 0 Å². The monoisotopic (exact) mass is 409 g/mol. The number of nitrogens with one attached hydrogen (secondary N) is 1. The number of aromatic nitrogens is 1. The molecule has 25 heavy (non-hydrogen) atoms. The highest BCUT2D eigenvalue weighted by Gasteiger charge is 2.30. The van der Waals surface area contributed by atoms with Crippen molar-refractivity contribution in [3.63, 3.8) is 0 Å². The quantitative estimate of drug-likeness (QED) is 0.732. The molecule has 6 heteroatoms. The Labute approximate surface area is 158 Å². The van der Waals surface area contributed by atoms with Gasteiger partial charge in [0.1, 0.15) is 5.82 Å². The third kappa shape index (κ3) is 5.80. The maximum atomic E-state index is 12.6. The van der Waals surface area contributed by atoms with Crippen molar-refractivity contribution in [3.05, 3.63) is 22.8 Å². The van der Waals surface area contributed by atoms with E-state index in [2.05, 4.69) is 40.1 Å². The average Bonchev–Trinajstić information content (AvgIpc) is 2.64. The summed E-state index contributed by atoms with van der Waals surface area (Å²) in [6.07, 6.45) is 7.20. The minimum atomic E-state index is -0.0507. The number of likely N-dealkylation sites (tertiary alicyclic amines) is 1. The van der Waals surface area contributed by atoms with E-state index in [4.69, 9.17) is 0 Å². The molecule has 1 aromatic heterocycles. The Bertz CT molecular complexity index is 569. The van der Waals surface area contributed by atoms with Gasteiger partial charge in [0.2, 0.25) is 11.8 Å². The first kappa shape index (κ1) is 19.9. The summed E-state index contributed by atoms with van der Waals surface area (Å²) in [6.45, 7) is 5.59. The molecule has 1 fully saturated rings. The van der Waals surface area contributed by atoms with Gasteiger partial charge in [-0.25, -0.2) is 4.98 Å². The lowest BCUT2D eigenvalue weighted by Gasteiger charge is -2.33. The average molecular weight is 410 g/mol. The number of hydrogen-bond acceptors (Lipinski definition) is 3. The molecule has 1 N–H and O–H groups in total. The van der Waals surface area contributed by atoms with E-state index < -0.39 is 0 Å². The molecule has 2 amide bonds. The van der Waals surface area contributed by atoms with Crippen LogP contribution in [0.3, 0.4) is 0 Å². The zero-order chi connectivity index (χ0) is 18.2. The molecule has 0 spiro atoms. The van der Waals surface area contributed by atoms with E-state index >= 15 is 0 Å². The van der Waals surface area contributed by atoms with Crippen molar-refractivity contribution in [2.24, 2.45) is 11.8 Å². The SMILES string of the molecule is CCCCC(CC)C(=O)N1CCC(C(=O)Nc2ccc(Br)cn2)CC1. The van der Waals surface area contributed by atoms with Crippen LogP contribution in [0, 0.1) is 11.8 Å². The standard InChI is InChI=1S/C19H28BrN3O2/c1-3-5-6-14(4-2)19(25)23-11-9-15(10-12-23)18(24)22-17-8-7-16(20)13-21-17/h7-8,13-15H,3-6,9-12H2,1-2H3,(H,21,22,24). The fraction of sp³-hybridized carbons (Fsp3) is 0.632. The molecule has 5 nitrogen and oxygen atoms in total. The van der Waals surface area contributed by atoms with Crippen LogP contribution in [0.4, 0.5) is 5.82 Å². The van der Waals surface area contributed by atoms with Crippen molar-refractivity contribution in [1.29, 1.82) is 0 Å². The Morgan fingerprint density at radius 2 is 2.04 bits per heavy atom. The molecule has 0 bridgehead atoms. The minimum Gasteiger partial charge on any atom is -0.342 e. The number of nitrogens with zero attached hydrogens (tertiary/aromatic N) is 2. The third-order valence-electron chi connectivity index (χ3n) is 4.90. The molecule has 2 rings (SSSR count). The summed E-state index contributed by atoms with van der Waals surface area (Å²) in [5.41, 5.74) is 0. The van der Waals surface area contributed by atoms with Crippen LogP contribution in [0.15, 0.2) is 22.8 Å². The third-order valence-corrected chi connectivity index (χ3v) is 5.37. The minimum absolute atomic E-state index is 0.0000501. The van der Waals surface area contributed by atoms with Gasteiger partial charge in [-0.05, 0) is 53.7 Å². The van der Waals surface area contributed by atoms with Gasteiger partial charge in [-0.2, -0.15) is 0 Å². The van der Waals surface area contributed by atoms with Crippen molar-refractivity contribution in [3.8, 4) is 0 Å². The number of hydrogen-bond donors (Lipinski definition) is 1. The van der Waals surface area contributed by atoms with Gasteiger partial charge in [0.05, 0.1) is 0 Å². The summed E-state index contributed by atoms with van der Waals surface area (Å²) in [5, 5.41) is 2.87. The molecular formula is C19H28BrN3O2. The van der Waals surface area contributed by atoms with Crippen LogP contribution in [-0.4, -0.2) is 34.8 Å². The number of anilines is 1. The summed E-state index contributed by atoms with van der Waals surface area (Å²) in [4.78, 5) is 31.2. The summed E-state index contributed by atoms with van der Waals surface area (Å²) < 4.78 is 0.880. The van der Waals surface area contributed by atoms with Crippen molar-refractivity contribution >= 4 is 33.6 Å². The fourth-order valence-corrected chi connectivity index (χ4v) is 3.49. The largest absolute Gasteiger partial charge is 0.342 e. The number of carbonyl (C=O) groups excluding carboxylic acids is 2. The lowest BCUT2D eigenvalue weighted by Crippen LogP contribution is -2.44. The molecule has 1 aliphatic rings. The summed E-state index contributed by atoms with van der Waals surface area (Å²) >= 11 is 3.33. The van der Waals surface area contributed by atoms with E-state index in [9.17, 15) is 9.59 Å². The zero-order valence-electron chi connectivity index (χ0n) is 15.1. The Morgan fingerprint density at radius 3 is 2.60 bits per heavy atom. The van der Waals surface area contributed by atoms with Crippen molar-refractivity contribution in [1.82, 2.24) is 9.88 Å². The van der Waals surface area contributed by atoms with E-state index in [-0.39, 0.29) is 23.7 Å². The lowest BCUT2D eigenvalue weighted by molar-refractivity contribution is -0.138. The van der Waals surface area contributed by atoms with E-state index in [0.717, 1.165) is 43.0 Å². The van der Waals surface area contributed by atoms with Crippen LogP contribution in [0.25, 0.3) is 0 Å². The summed E-state index contributed by atoms with van der Waals surface area (Å²) in [7, 11) is 0. The molecule has 0 aromatic carbocycles. The van der Waals surface area contributed by atoms with Gasteiger partial charge in [0, 0.05) is 35.6 Å². The maximum Gasteiger partial charge on any atom is 0.228 e. The van der Waals surface area contributed by atoms with E-state index in [0.29, 0.717) is 18.9 Å². The first-order chi connectivity index (χ1) is 12.0. The first-order valence-corrected chi connectivity index (χ1v) is 10.1. The number of rotatable bonds is 7. The van der Waals surface area contributed by atoms with E-state index in [1.165, 1.54) is 0 Å². The van der Waals surface area contributed by atoms with Gasteiger partial charge in [-0.1, -0.05) is 26.7 Å². The van der Waals surface area contributed by atoms with Gasteiger partial charge in [0.25, 0.3) is 0 Å². The maximum absolute atomic E-state index is 12.6. The topological polar surface area (TPSA) is 62.3 Å². The highest BCUT2D eigenvalue weighted by molar-refractivity contribution is 9.10. The van der Waals surface area contributed by atoms with Gasteiger partial charge < -0.3 is 10.2 Å². The second-order valence-electron chi connectivity index (χ2n) is 6.70. The van der Waals surface area contributed by atoms with Gasteiger partial charge in [0.15, 0.2) is 0 Å². The smallest absolute Gasteiger partial charge is 0.228 e. The van der Waals surface area contributed by atoms with Crippen LogP contribution in [0.1, 0.15) is 52.4 Å². The van der Waals surface area contributed by atoms with Crippen molar-refractivity contribution in [2.45, 2.75) is 52.4 Å². The van der Waals surface area contributed by atoms with Crippen LogP contribution in [0.5, 0.6) is 0 Å². The molecule has 1 aromatic rings. The number of pyridine rings is 1. The molecule has 2 heterocycles. The molecule has 1 unspecified atom stereocenters. The summed E-state index contributed by atoms with van der Waals surface area (Å²) in [6, 6.07) is 3.63. The van der Waals surface area contributed by atoms with E-state index in [1.807, 2.05) is 11.0 Å². The predicted octanol–water partition coefficient (Wildman–Crippen LogP) is 4.24. The molecule has 0 saturated carbocycles. The fourth-order valence-electron chi connectivity index (χ4n) is 3.25. The zero-order valence-corrected chi connectivity index (χ0v) is 16.7. The molecule has 0 radical (unpaired) electrons. The van der Waals surface area contributed by atoms with Gasteiger partial charge >= 0.3 is 0 Å². The summed E-state index contributed by atoms with van der Waals surface area (Å²) in [5.74, 6) is 0.921. The normalized spacial score (nSPS) is 16.5. The van der Waals surface area contributed by atoms with Crippen LogP contribution in [-0.2, 0) is 9.59 Å². The molecule has 1 atom stereocenters. The van der Waals surface area contributed by atoms with Crippen molar-refractivity contribution in [2.75, 3.05) is 18.4 Å². The molecule has 1 aliphatic heterocycles. The second kappa shape index (κ2) is 9.90. The molecule has 1 saturated heterocycles. The Morgan fingerprint density at radius 1 is 1.32 bits per heavy atom. The number of piperidine rings is 1. The predicted molar refractivity (Wildman–Crippen MR) is 103 cm³/mol. The second-order valence-corrected chi connectivity index (χ2v) is 7.61. The lowest BCUT2D eigenvalue weighted by atomic mass is 9.92. The van der Waals surface area contributed by atoms with Crippen LogP contribution >= 0.6 is 15.9 Å². The number of halogens is 1. The van der Waals surface area contributed by atoms with Gasteiger partial charge in [-0.15, -0.1) is 0 Å². The highest BCUT2D eigenvalue weighted by atomic mass is 79.9. The Hall–Kier alpha value is -1.43. The Balaban J connectivity index is 1.82. The molecule has 138 valence electrons. The van der Waals surface area contributed by atoms with Crippen LogP contribution < -0.4 is 5.32 Å². The van der Waals surface area contributed by atoms with Crippen molar-refractivity contribution < 1.29 is 9.59 Å². The van der Waals surface area contributed by atoms with Gasteiger partial charge in [-0.3, -0.25) is 9.59 Å². The Kier molecular flexibility index (Phi) is 7.88. The first-order valence-electron chi connectivity index (χ1n) is 9.26. The number of carbonyl (C=O) groups is 2. The molecule has 0 aliphatic carbocycles. The highest BCUT2D eigenvalue weighted by Crippen LogP contribution is 2.23. The van der Waals surface area contributed by atoms with E-state index in [1.54, 1.807) is 12.3 Å². The molecular weight excluding hydrogens is 382 g/mol. The number of unbranched alkanes of at least 4 members (excludes halogenated alkanes) is 1. The number of amides is 2.